The first-order valence-corrected chi connectivity index (χ1v) is 21.9. The number of phenolic OH excluding ortho intramolecular Hbond substituents is 1. The molecular weight excluding hydrogens is 787 g/mol. The normalized spacial score (nSPS) is 23.5. The molecule has 5 atom stereocenters. The predicted molar refractivity (Wildman–Crippen MR) is 235 cm³/mol. The summed E-state index contributed by atoms with van der Waals surface area (Å²) in [6.07, 6.45) is 3.89. The maximum atomic E-state index is 14.7. The number of fused-ring (bicyclic) bond motifs is 8. The van der Waals surface area contributed by atoms with E-state index in [9.17, 15) is 24.3 Å². The molecule has 0 spiro atoms. The van der Waals surface area contributed by atoms with Gasteiger partial charge in [-0.3, -0.25) is 29.2 Å². The number of nitrogens with one attached hydrogen (secondary N) is 3. The number of nitrogens with zero attached hydrogens (tertiary/aromatic N) is 4. The fourth-order valence-electron chi connectivity index (χ4n) is 10.2. The van der Waals surface area contributed by atoms with Crippen LogP contribution in [0.4, 0.5) is 0 Å². The van der Waals surface area contributed by atoms with Crippen LogP contribution in [-0.2, 0) is 41.6 Å². The lowest BCUT2D eigenvalue weighted by molar-refractivity contribution is -0.156. The molecule has 4 N–H and O–H groups in total. The Balaban J connectivity index is 1.25. The van der Waals surface area contributed by atoms with Crippen LogP contribution in [0.25, 0.3) is 33.3 Å². The zero-order valence-electron chi connectivity index (χ0n) is 36.8. The fraction of sp³-hybridized carbons (Fsp3) is 0.479. The summed E-state index contributed by atoms with van der Waals surface area (Å²) in [5.41, 5.74) is 10.4. The Kier molecular flexibility index (Phi) is 12.0. The van der Waals surface area contributed by atoms with Gasteiger partial charge in [0, 0.05) is 74.2 Å². The number of hydrogen-bond donors (Lipinski definition) is 4. The standard InChI is InChI=1S/C48H59N7O7/c1-8-54-37-16-15-29-24-34(37)38-39(43(61-7)40-33(42(38)54)13-10-18-50-40)48(4,5)26-62-47(60)35-14-11-19-55(52-35)46(59)36(22-28-20-31(29)23-32(56)21-28)51-44(57)41(27(2)3)53(6)45(58)30-12-9-17-49-25-30/h10,13,15-16,18,20-21,23-24,30,35-36,39,43,49,52,56H,8-9,11-12,14,17,19,22,25-26H2,1-7H3,(H,51,57)/t30?,35-,36-,39?,43-/m0/s1. The zero-order valence-corrected chi connectivity index (χ0v) is 36.8. The van der Waals surface area contributed by atoms with Crippen LogP contribution >= 0.6 is 0 Å². The highest BCUT2D eigenvalue weighted by Gasteiger charge is 2.47. The topological polar surface area (TPSA) is 167 Å². The molecule has 62 heavy (non-hydrogen) atoms. The van der Waals surface area contributed by atoms with Crippen molar-refractivity contribution in [3.8, 4) is 28.1 Å². The minimum absolute atomic E-state index is 0.00598. The molecule has 14 nitrogen and oxygen atoms in total. The molecule has 3 amide bonds. The lowest BCUT2D eigenvalue weighted by Gasteiger charge is -2.42. The fourth-order valence-corrected chi connectivity index (χ4v) is 10.2. The van der Waals surface area contributed by atoms with Gasteiger partial charge in [0.1, 0.15) is 29.6 Å². The molecule has 4 aromatic rings. The summed E-state index contributed by atoms with van der Waals surface area (Å²) in [4.78, 5) is 63.1. The Labute approximate surface area is 363 Å². The van der Waals surface area contributed by atoms with Gasteiger partial charge in [0.15, 0.2) is 0 Å². The predicted octanol–water partition coefficient (Wildman–Crippen LogP) is 5.74. The van der Waals surface area contributed by atoms with Crippen molar-refractivity contribution in [2.75, 3.05) is 40.4 Å². The first-order chi connectivity index (χ1) is 29.7. The number of allylic oxidation sites excluding steroid dienone is 1. The van der Waals surface area contributed by atoms with E-state index in [1.807, 2.05) is 18.2 Å². The molecule has 2 aromatic carbocycles. The van der Waals surface area contributed by atoms with Crippen molar-refractivity contribution in [2.45, 2.75) is 97.4 Å². The number of phenols is 1. The summed E-state index contributed by atoms with van der Waals surface area (Å²) in [5.74, 6) is -2.25. The monoisotopic (exact) mass is 845 g/mol. The van der Waals surface area contributed by atoms with E-state index in [0.29, 0.717) is 43.6 Å². The molecule has 0 saturated carbocycles. The van der Waals surface area contributed by atoms with Crippen LogP contribution in [0.2, 0.25) is 0 Å². The number of aromatic nitrogens is 2. The van der Waals surface area contributed by atoms with E-state index in [2.05, 4.69) is 59.6 Å². The van der Waals surface area contributed by atoms with Crippen LogP contribution in [0, 0.1) is 11.3 Å². The number of carbonyl (C=O) groups is 4. The molecule has 2 saturated heterocycles. The molecule has 14 heteroatoms. The number of pyridine rings is 1. The van der Waals surface area contributed by atoms with E-state index >= 15 is 0 Å². The van der Waals surface area contributed by atoms with Gasteiger partial charge >= 0.3 is 5.97 Å². The third-order valence-corrected chi connectivity index (χ3v) is 13.2. The summed E-state index contributed by atoms with van der Waals surface area (Å²) < 4.78 is 14.9. The van der Waals surface area contributed by atoms with Crippen molar-refractivity contribution in [1.82, 2.24) is 35.5 Å². The van der Waals surface area contributed by atoms with Crippen molar-refractivity contribution >= 4 is 34.6 Å². The number of esters is 1. The summed E-state index contributed by atoms with van der Waals surface area (Å²) in [6, 6.07) is 13.6. The highest BCUT2D eigenvalue weighted by Crippen LogP contribution is 2.57. The van der Waals surface area contributed by atoms with E-state index in [0.717, 1.165) is 63.9 Å². The Morgan fingerprint density at radius 2 is 1.89 bits per heavy atom. The number of aryl methyl sites for hydroxylation is 1. The average molecular weight is 846 g/mol. The van der Waals surface area contributed by atoms with Gasteiger partial charge in [0.25, 0.3) is 11.8 Å². The lowest BCUT2D eigenvalue weighted by Crippen LogP contribution is -2.61. The quantitative estimate of drug-likeness (QED) is 0.139. The third kappa shape index (κ3) is 7.88. The number of rotatable bonds is 6. The maximum absolute atomic E-state index is 14.7. The van der Waals surface area contributed by atoms with Crippen LogP contribution in [-0.4, -0.2) is 101 Å². The van der Waals surface area contributed by atoms with Crippen LogP contribution in [0.15, 0.2) is 66.0 Å². The van der Waals surface area contributed by atoms with Crippen molar-refractivity contribution < 1.29 is 33.8 Å². The molecule has 0 radical (unpaired) electrons. The summed E-state index contributed by atoms with van der Waals surface area (Å²) in [5, 5.41) is 20.0. The Morgan fingerprint density at radius 1 is 1.08 bits per heavy atom. The smallest absolute Gasteiger partial charge is 0.324 e. The minimum atomic E-state index is -1.14. The number of piperidine rings is 1. The number of carbonyl (C=O) groups excluding carboxylic acids is 4. The summed E-state index contributed by atoms with van der Waals surface area (Å²) >= 11 is 0. The van der Waals surface area contributed by atoms with Gasteiger partial charge in [-0.25, -0.2) is 5.43 Å². The van der Waals surface area contributed by atoms with E-state index in [-0.39, 0.29) is 42.2 Å². The summed E-state index contributed by atoms with van der Waals surface area (Å²) in [7, 11) is 3.30. The number of benzene rings is 2. The number of aromatic hydroxyl groups is 1. The number of methoxy groups -OCH3 is 1. The second-order valence-electron chi connectivity index (χ2n) is 18.1. The van der Waals surface area contributed by atoms with E-state index in [4.69, 9.17) is 14.5 Å². The molecule has 5 heterocycles. The first kappa shape index (κ1) is 43.1. The molecule has 8 rings (SSSR count). The van der Waals surface area contributed by atoms with Crippen molar-refractivity contribution in [3.63, 3.8) is 0 Å². The van der Waals surface area contributed by atoms with E-state index in [1.165, 1.54) is 9.91 Å². The number of hydrazine groups is 1. The zero-order chi connectivity index (χ0) is 44.0. The third-order valence-electron chi connectivity index (χ3n) is 13.2. The van der Waals surface area contributed by atoms with E-state index < -0.39 is 41.4 Å². The minimum Gasteiger partial charge on any atom is -0.508 e. The van der Waals surface area contributed by atoms with Gasteiger partial charge in [0.2, 0.25) is 5.91 Å². The number of cyclic esters (lactones) is 1. The molecule has 6 bridgehead atoms. The van der Waals surface area contributed by atoms with Crippen molar-refractivity contribution in [2.24, 2.45) is 11.3 Å². The Morgan fingerprint density at radius 3 is 2.61 bits per heavy atom. The second kappa shape index (κ2) is 17.3. The SMILES string of the molecule is CCn1c2c3c4cc(ccc41)-c1cc(O)cc(c1)C[C@H](NC(=O)C(=C(C)C)N(C)C(=O)C1CCCNC1)C(=O)N1CCC[C@H](N1)C(=O)OCC(C)(C)C3[C@H](OC)c1ncccc1-2. The molecular formula is C48H59N7O7. The maximum Gasteiger partial charge on any atom is 0.324 e. The highest BCUT2D eigenvalue weighted by atomic mass is 16.5. The molecule has 328 valence electrons. The number of likely N-dealkylation sites (N-methyl/N-ethyl adjacent to an activating group) is 1. The molecule has 1 aliphatic carbocycles. The van der Waals surface area contributed by atoms with Crippen LogP contribution in [0.1, 0.15) is 89.1 Å². The van der Waals surface area contributed by atoms with Gasteiger partial charge in [-0.15, -0.1) is 0 Å². The van der Waals surface area contributed by atoms with Gasteiger partial charge in [-0.05, 0) is 117 Å². The van der Waals surface area contributed by atoms with Crippen LogP contribution < -0.4 is 16.1 Å². The largest absolute Gasteiger partial charge is 0.508 e. The molecule has 3 aliphatic heterocycles. The van der Waals surface area contributed by atoms with Crippen molar-refractivity contribution in [3.05, 3.63) is 82.8 Å². The molecule has 2 fully saturated rings. The summed E-state index contributed by atoms with van der Waals surface area (Å²) in [6.45, 7) is 12.2. The molecule has 4 aliphatic rings. The molecule has 2 aromatic heterocycles. The van der Waals surface area contributed by atoms with Crippen molar-refractivity contribution in [1.29, 1.82) is 0 Å². The highest BCUT2D eigenvalue weighted by molar-refractivity contribution is 6.01. The molecule has 2 unspecified atom stereocenters. The lowest BCUT2D eigenvalue weighted by atomic mass is 9.67. The number of ether oxygens (including phenoxy) is 2. The number of amides is 3. The van der Waals surface area contributed by atoms with Gasteiger partial charge in [-0.2, -0.15) is 0 Å². The van der Waals surface area contributed by atoms with Gasteiger partial charge < -0.3 is 34.7 Å². The van der Waals surface area contributed by atoms with Crippen LogP contribution in [0.3, 0.4) is 0 Å². The average Bonchev–Trinajstić information content (AvgIpc) is 3.60. The first-order valence-electron chi connectivity index (χ1n) is 21.9. The Bertz CT molecular complexity index is 2450. The van der Waals surface area contributed by atoms with Gasteiger partial charge in [-0.1, -0.05) is 26.0 Å². The van der Waals surface area contributed by atoms with Gasteiger partial charge in [0.05, 0.1) is 23.9 Å². The second-order valence-corrected chi connectivity index (χ2v) is 18.1. The number of hydrogen-bond acceptors (Lipinski definition) is 10. The van der Waals surface area contributed by atoms with Crippen LogP contribution in [0.5, 0.6) is 5.75 Å². The Hall–Kier alpha value is -5.57. The van der Waals surface area contributed by atoms with E-state index in [1.54, 1.807) is 46.3 Å².